The Morgan fingerprint density at radius 1 is 0.446 bits per heavy atom. The minimum atomic E-state index is -0.407. The van der Waals surface area contributed by atoms with Crippen LogP contribution in [-0.2, 0) is 0 Å². The molecule has 2 aliphatic rings. The number of nitrogens with zero attached hydrogens (tertiary/aromatic N) is 8. The number of nitro groups is 2. The maximum Gasteiger partial charge on any atom is 0.277 e. The summed E-state index contributed by atoms with van der Waals surface area (Å²) in [4.78, 5) is 21.1. The molecular weight excluding hydrogens is 985 g/mol. The van der Waals surface area contributed by atoms with E-state index in [1.165, 1.54) is 24.3 Å². The van der Waals surface area contributed by atoms with Gasteiger partial charge in [-0.15, -0.1) is 20.5 Å². The van der Waals surface area contributed by atoms with Gasteiger partial charge in [0.1, 0.15) is 11.4 Å². The summed E-state index contributed by atoms with van der Waals surface area (Å²) in [6.07, 6.45) is 0. The molecule has 0 aliphatic carbocycles. The molecule has 4 N–H and O–H groups in total. The number of benzene rings is 6. The first-order chi connectivity index (χ1) is 26.2. The lowest BCUT2D eigenvalue weighted by Gasteiger charge is -2.23. The summed E-state index contributed by atoms with van der Waals surface area (Å²) in [5.74, 6) is 1.63. The monoisotopic (exact) mass is 1010 g/mol. The van der Waals surface area contributed by atoms with Gasteiger partial charge < -0.3 is 24.8 Å². The fourth-order valence-corrected chi connectivity index (χ4v) is 6.23. The van der Waals surface area contributed by atoms with Gasteiger partial charge in [-0.1, -0.05) is 46.6 Å². The van der Waals surface area contributed by atoms with Crippen molar-refractivity contribution in [2.24, 2.45) is 10.2 Å². The molecule has 0 radical (unpaired) electrons. The zero-order valence-corrected chi connectivity index (χ0v) is 34.7. The fourth-order valence-electron chi connectivity index (χ4n) is 5.51. The van der Waals surface area contributed by atoms with E-state index in [4.69, 9.17) is 10.2 Å². The number of nitro benzene ring substituents is 2. The Labute approximate surface area is 360 Å². The lowest BCUT2D eigenvalue weighted by atomic mass is 10.2. The van der Waals surface area contributed by atoms with Gasteiger partial charge in [0.2, 0.25) is 0 Å². The summed E-state index contributed by atoms with van der Waals surface area (Å²) in [7, 11) is 0. The van der Waals surface area contributed by atoms with Gasteiger partial charge in [-0.25, -0.2) is 0 Å². The van der Waals surface area contributed by atoms with Crippen molar-refractivity contribution in [3.63, 3.8) is 0 Å². The third kappa shape index (κ3) is 9.70. The van der Waals surface area contributed by atoms with Crippen molar-refractivity contribution in [3.05, 3.63) is 196 Å². The van der Waals surface area contributed by atoms with E-state index in [0.717, 1.165) is 52.7 Å². The molecule has 6 aromatic rings. The number of amidine groups is 2. The number of hydrogen-bond donors (Lipinski definition) is 2. The van der Waals surface area contributed by atoms with Crippen molar-refractivity contribution in [1.29, 1.82) is 0 Å². The predicted molar refractivity (Wildman–Crippen MR) is 224 cm³/mol. The number of hydrazone groups is 2. The van der Waals surface area contributed by atoms with Crippen molar-refractivity contribution < 1.29 is 45.5 Å². The second kappa shape index (κ2) is 19.0. The van der Waals surface area contributed by atoms with Crippen LogP contribution in [0.25, 0.3) is 0 Å². The quantitative estimate of drug-likeness (QED) is 0.0972. The first-order valence-electron chi connectivity index (χ1n) is 16.4. The van der Waals surface area contributed by atoms with Crippen LogP contribution >= 0.6 is 45.2 Å². The van der Waals surface area contributed by atoms with Crippen molar-refractivity contribution in [3.8, 4) is 0 Å². The highest BCUT2D eigenvalue weighted by Crippen LogP contribution is 2.27. The standard InChI is InChI=1S/2C19H14IN5O2.2ClH/c2*20-15-6-8-16(9-7-15)23-21-19(14-4-2-1-3-5-14)22-24(23)17-10-12-18(13-11-17)25(26)27;;/h2*1-13H,(H,21,22);2*1H. The highest BCUT2D eigenvalue weighted by molar-refractivity contribution is 14.1. The van der Waals surface area contributed by atoms with Gasteiger partial charge in [-0.2, -0.15) is 10.9 Å². The van der Waals surface area contributed by atoms with E-state index >= 15 is 0 Å². The third-order valence-corrected chi connectivity index (χ3v) is 9.64. The normalized spacial score (nSPS) is 13.1. The second-order valence-electron chi connectivity index (χ2n) is 11.7. The van der Waals surface area contributed by atoms with Crippen molar-refractivity contribution >= 4 is 91.0 Å². The van der Waals surface area contributed by atoms with Gasteiger partial charge in [0.15, 0.2) is 0 Å². The van der Waals surface area contributed by atoms with Crippen LogP contribution in [0.1, 0.15) is 11.1 Å². The zero-order valence-electron chi connectivity index (χ0n) is 28.9. The maximum atomic E-state index is 10.9. The molecule has 56 heavy (non-hydrogen) atoms. The van der Waals surface area contributed by atoms with Gasteiger partial charge in [0.05, 0.1) is 32.3 Å². The smallest absolute Gasteiger partial charge is 0.277 e. The molecule has 0 atom stereocenters. The predicted octanol–water partition coefficient (Wildman–Crippen LogP) is 0.570. The molecule has 2 heterocycles. The van der Waals surface area contributed by atoms with E-state index in [0.29, 0.717) is 0 Å². The van der Waals surface area contributed by atoms with Crippen molar-refractivity contribution in [1.82, 2.24) is 0 Å². The van der Waals surface area contributed by atoms with E-state index < -0.39 is 9.85 Å². The van der Waals surface area contributed by atoms with E-state index in [9.17, 15) is 20.2 Å². The van der Waals surface area contributed by atoms with Crippen LogP contribution in [0.4, 0.5) is 34.1 Å². The van der Waals surface area contributed by atoms with E-state index in [2.05, 4.69) is 45.2 Å². The first-order valence-corrected chi connectivity index (χ1v) is 18.6. The van der Waals surface area contributed by atoms with Crippen LogP contribution in [0.15, 0.2) is 168 Å². The van der Waals surface area contributed by atoms with Crippen LogP contribution in [0.2, 0.25) is 0 Å². The number of hydrogen-bond acceptors (Lipinski definition) is 10. The molecule has 0 saturated carbocycles. The maximum absolute atomic E-state index is 10.9. The molecule has 0 fully saturated rings. The van der Waals surface area contributed by atoms with Crippen LogP contribution in [0, 0.1) is 27.4 Å². The van der Waals surface area contributed by atoms with Crippen LogP contribution in [-0.4, -0.2) is 21.5 Å². The number of rotatable bonds is 8. The average Bonchev–Trinajstić information content (AvgIpc) is 3.86. The molecule has 2 aliphatic heterocycles. The van der Waals surface area contributed by atoms with Crippen LogP contribution < -0.4 is 56.1 Å². The van der Waals surface area contributed by atoms with E-state index in [1.807, 2.05) is 130 Å². The summed E-state index contributed by atoms with van der Waals surface area (Å²) in [5.41, 5.74) is 9.38. The summed E-state index contributed by atoms with van der Waals surface area (Å²) < 4.78 is 2.28. The second-order valence-corrected chi connectivity index (χ2v) is 14.2. The minimum Gasteiger partial charge on any atom is -1.00 e. The molecule has 0 saturated heterocycles. The summed E-state index contributed by atoms with van der Waals surface area (Å²) in [6, 6.07) is 48.7. The summed E-state index contributed by atoms with van der Waals surface area (Å²) >= 11 is 4.53. The Morgan fingerprint density at radius 3 is 1.05 bits per heavy atom. The Balaban J connectivity index is 0.000000207. The van der Waals surface area contributed by atoms with Crippen molar-refractivity contribution in [2.75, 3.05) is 20.5 Å². The van der Waals surface area contributed by atoms with Gasteiger partial charge in [0, 0.05) is 31.4 Å². The number of non-ortho nitro benzene ring substituents is 2. The Morgan fingerprint density at radius 2 is 0.750 bits per heavy atom. The molecule has 0 amide bonds. The lowest BCUT2D eigenvalue weighted by molar-refractivity contribution is -0.545. The van der Waals surface area contributed by atoms with Gasteiger partial charge >= 0.3 is 0 Å². The van der Waals surface area contributed by atoms with E-state index in [1.54, 1.807) is 34.5 Å². The Kier molecular flexibility index (Phi) is 14.2. The largest absolute Gasteiger partial charge is 1.00 e. The van der Waals surface area contributed by atoms with Crippen LogP contribution in [0.5, 0.6) is 0 Å². The van der Waals surface area contributed by atoms with Gasteiger partial charge in [-0.05, 0) is 142 Å². The fraction of sp³-hybridized carbons (Fsp3) is 0. The molecule has 14 nitrogen and oxygen atoms in total. The number of hydrazine groups is 2. The molecule has 0 aromatic heterocycles. The molecule has 8 rings (SSSR count). The summed E-state index contributed by atoms with van der Waals surface area (Å²) in [6.45, 7) is 0. The topological polar surface area (TPSA) is 157 Å². The van der Waals surface area contributed by atoms with Crippen LogP contribution in [0.3, 0.4) is 0 Å². The Bertz CT molecular complexity index is 2160. The molecule has 0 unspecified atom stereocenters. The lowest BCUT2D eigenvalue weighted by Crippen LogP contribution is -3.00. The number of halogens is 4. The molecular formula is C38H30Cl2I2N10O4. The average molecular weight is 1020 g/mol. The third-order valence-electron chi connectivity index (χ3n) is 8.21. The summed E-state index contributed by atoms with van der Waals surface area (Å²) in [5, 5.41) is 38.7. The number of anilines is 4. The van der Waals surface area contributed by atoms with E-state index in [-0.39, 0.29) is 36.2 Å². The molecule has 0 bridgehead atoms. The highest BCUT2D eigenvalue weighted by Gasteiger charge is 2.33. The van der Waals surface area contributed by atoms with Crippen molar-refractivity contribution in [2.45, 2.75) is 0 Å². The highest BCUT2D eigenvalue weighted by atomic mass is 127. The molecule has 6 aromatic carbocycles. The Hall–Kier alpha value is -5.38. The zero-order chi connectivity index (χ0) is 37.6. The first kappa shape index (κ1) is 41.8. The van der Waals surface area contributed by atoms with Gasteiger partial charge in [0.25, 0.3) is 23.0 Å². The minimum absolute atomic E-state index is 0. The molecule has 18 heteroatoms. The molecule has 0 spiro atoms. The molecule has 284 valence electrons. The number of nitrogens with two attached hydrogens (primary N) is 2. The number of quaternary nitrogens is 2. The van der Waals surface area contributed by atoms with Gasteiger partial charge in [-0.3, -0.25) is 20.2 Å². The SMILES string of the molecule is O=[N+]([O-])c1ccc(N2N=C(c3ccccc3)[NH2+]N2c2ccc(I)cc2)cc1.O=[N+]([O-])c1ccc(N2N=C(c3ccccc3)[NH2+]N2c2ccc(I)cc2)cc1.[Cl-].[Cl-].